The van der Waals surface area contributed by atoms with Gasteiger partial charge in [0.25, 0.3) is 0 Å². The second-order valence-electron chi connectivity index (χ2n) is 20.2. The summed E-state index contributed by atoms with van der Waals surface area (Å²) in [6, 6.07) is 7.94. The van der Waals surface area contributed by atoms with E-state index in [0.29, 0.717) is 35.3 Å². The summed E-state index contributed by atoms with van der Waals surface area (Å²) in [5.41, 5.74) is 6.82. The molecular weight excluding hydrogens is 793 g/mol. The average molecular weight is 883 g/mol. The van der Waals surface area contributed by atoms with E-state index in [0.717, 1.165) is 72.6 Å². The summed E-state index contributed by atoms with van der Waals surface area (Å²) in [6.45, 7) is 18.1. The van der Waals surface area contributed by atoms with Gasteiger partial charge in [0.05, 0.1) is 35.3 Å². The molecule has 0 saturated carbocycles. The van der Waals surface area contributed by atoms with Crippen molar-refractivity contribution in [2.75, 3.05) is 13.2 Å². The summed E-state index contributed by atoms with van der Waals surface area (Å²) in [7, 11) is 0. The number of aryl methyl sites for hydroxylation is 4. The first-order valence-corrected chi connectivity index (χ1v) is 26.3. The van der Waals surface area contributed by atoms with Gasteiger partial charge >= 0.3 is 12.2 Å². The summed E-state index contributed by atoms with van der Waals surface area (Å²) in [6.07, 6.45) is 34.6. The predicted molar refractivity (Wildman–Crippen MR) is 270 cm³/mol. The molecule has 0 amide bonds. The van der Waals surface area contributed by atoms with Crippen molar-refractivity contribution in [1.82, 2.24) is 19.1 Å². The topological polar surface area (TPSA) is 88.2 Å². The lowest BCUT2D eigenvalue weighted by molar-refractivity contribution is 0.144. The first-order valence-electron chi connectivity index (χ1n) is 26.3. The molecule has 2 aromatic carbocycles. The number of hydrogen-bond donors (Lipinski definition) is 0. The van der Waals surface area contributed by atoms with Crippen molar-refractivity contribution in [1.29, 1.82) is 0 Å². The van der Waals surface area contributed by atoms with Crippen molar-refractivity contribution in [2.24, 2.45) is 11.8 Å². The Bertz CT molecular complexity index is 1820. The van der Waals surface area contributed by atoms with Crippen molar-refractivity contribution < 1.29 is 19.1 Å². The van der Waals surface area contributed by atoms with E-state index in [-0.39, 0.29) is 11.6 Å². The van der Waals surface area contributed by atoms with Crippen LogP contribution < -0.4 is 0 Å². The van der Waals surface area contributed by atoms with Crippen LogP contribution in [-0.2, 0) is 9.47 Å². The summed E-state index contributed by atoms with van der Waals surface area (Å²) < 4.78 is 14.9. The second kappa shape index (κ2) is 29.8. The van der Waals surface area contributed by atoms with Gasteiger partial charge in [-0.1, -0.05) is 195 Å². The van der Waals surface area contributed by atoms with Crippen LogP contribution in [0.25, 0.3) is 33.7 Å². The van der Waals surface area contributed by atoms with E-state index in [1.54, 1.807) is 0 Å². The van der Waals surface area contributed by atoms with Crippen LogP contribution in [0.3, 0.4) is 0 Å². The number of nitrogens with zero attached hydrogens (tertiary/aromatic N) is 4. The monoisotopic (exact) mass is 883 g/mol. The molecule has 2 aromatic heterocycles. The molecule has 358 valence electrons. The number of ether oxygens (including phenoxy) is 2. The molecule has 0 saturated heterocycles. The van der Waals surface area contributed by atoms with E-state index < -0.39 is 12.2 Å². The summed E-state index contributed by atoms with van der Waals surface area (Å²) in [4.78, 5) is 38.1. The Morgan fingerprint density at radius 3 is 0.938 bits per heavy atom. The van der Waals surface area contributed by atoms with Crippen molar-refractivity contribution in [3.05, 3.63) is 46.5 Å². The molecule has 64 heavy (non-hydrogen) atoms. The number of rotatable bonds is 33. The van der Waals surface area contributed by atoms with E-state index in [1.165, 1.54) is 150 Å². The molecule has 2 heterocycles. The van der Waals surface area contributed by atoms with Gasteiger partial charge in [-0.05, 0) is 98.9 Å². The lowest BCUT2D eigenvalue weighted by Crippen LogP contribution is -2.20. The van der Waals surface area contributed by atoms with Gasteiger partial charge in [-0.2, -0.15) is 0 Å². The van der Waals surface area contributed by atoms with E-state index in [2.05, 4.69) is 27.7 Å². The highest BCUT2D eigenvalue weighted by atomic mass is 16.6. The van der Waals surface area contributed by atoms with Gasteiger partial charge in [0.1, 0.15) is 0 Å². The van der Waals surface area contributed by atoms with Crippen LogP contribution in [0.1, 0.15) is 230 Å². The van der Waals surface area contributed by atoms with Crippen molar-refractivity contribution >= 4 is 34.3 Å². The van der Waals surface area contributed by atoms with E-state index >= 15 is 0 Å². The Morgan fingerprint density at radius 2 is 0.656 bits per heavy atom. The summed E-state index contributed by atoms with van der Waals surface area (Å²) >= 11 is 0. The number of hydrogen-bond acceptors (Lipinski definition) is 6. The summed E-state index contributed by atoms with van der Waals surface area (Å²) in [5.74, 6) is 2.23. The van der Waals surface area contributed by atoms with Crippen LogP contribution in [0.4, 0.5) is 9.59 Å². The van der Waals surface area contributed by atoms with Gasteiger partial charge in [-0.25, -0.2) is 28.7 Å². The van der Waals surface area contributed by atoms with E-state index in [1.807, 2.05) is 52.0 Å². The van der Waals surface area contributed by atoms with Crippen LogP contribution in [-0.4, -0.2) is 44.5 Å². The van der Waals surface area contributed by atoms with Gasteiger partial charge in [-0.15, -0.1) is 0 Å². The Kier molecular flexibility index (Phi) is 24.6. The van der Waals surface area contributed by atoms with Gasteiger partial charge in [0, 0.05) is 0 Å². The van der Waals surface area contributed by atoms with Gasteiger partial charge < -0.3 is 9.47 Å². The third-order valence-electron chi connectivity index (χ3n) is 13.4. The van der Waals surface area contributed by atoms with E-state index in [4.69, 9.17) is 19.4 Å². The molecule has 0 aliphatic rings. The maximum atomic E-state index is 14.1. The molecule has 8 heteroatoms. The highest BCUT2D eigenvalue weighted by Crippen LogP contribution is 2.31. The molecule has 0 aliphatic carbocycles. The third kappa shape index (κ3) is 18.3. The minimum absolute atomic E-state index is 0.279. The van der Waals surface area contributed by atoms with Gasteiger partial charge in [0.15, 0.2) is 11.6 Å². The zero-order valence-corrected chi connectivity index (χ0v) is 42.1. The molecule has 0 atom stereocenters. The van der Waals surface area contributed by atoms with Gasteiger partial charge in [-0.3, -0.25) is 0 Å². The van der Waals surface area contributed by atoms with E-state index in [9.17, 15) is 9.59 Å². The molecule has 0 bridgehead atoms. The zero-order valence-electron chi connectivity index (χ0n) is 42.1. The standard InChI is InChI=1S/C56H90N4O4/c1-43(2)35-31-27-23-19-15-11-9-13-17-21-25-29-33-37-63-55(61)59-51-41-47(7)45(5)39-49(51)57-53(59)54-58-50-40-46(6)48(8)42-52(50)60(54)56(62)64-38-34-30-26-22-18-14-10-12-16-20-24-28-32-36-44(3)4/h39-44H,9-38H2,1-8H3. The highest BCUT2D eigenvalue weighted by molar-refractivity contribution is 5.96. The van der Waals surface area contributed by atoms with Gasteiger partial charge in [0.2, 0.25) is 0 Å². The molecule has 0 unspecified atom stereocenters. The minimum atomic E-state index is -0.507. The number of carbonyl (C=O) groups excluding carboxylic acids is 2. The number of benzene rings is 2. The fraction of sp³-hybridized carbons (Fsp3) is 0.714. The number of fused-ring (bicyclic) bond motifs is 2. The average Bonchev–Trinajstić information content (AvgIpc) is 3.80. The second-order valence-corrected chi connectivity index (χ2v) is 20.2. The number of imidazole rings is 2. The Morgan fingerprint density at radius 1 is 0.406 bits per heavy atom. The maximum absolute atomic E-state index is 14.1. The molecule has 8 nitrogen and oxygen atoms in total. The maximum Gasteiger partial charge on any atom is 0.420 e. The van der Waals surface area contributed by atoms with Crippen LogP contribution >= 0.6 is 0 Å². The van der Waals surface area contributed by atoms with Crippen molar-refractivity contribution in [3.8, 4) is 11.6 Å². The highest BCUT2D eigenvalue weighted by Gasteiger charge is 2.28. The van der Waals surface area contributed by atoms with Crippen LogP contribution in [0.15, 0.2) is 24.3 Å². The number of unbranched alkanes of at least 4 members (excludes halogenated alkanes) is 24. The number of aromatic nitrogens is 4. The number of carbonyl (C=O) groups is 2. The van der Waals surface area contributed by atoms with Crippen LogP contribution in [0, 0.1) is 39.5 Å². The zero-order chi connectivity index (χ0) is 46.1. The first-order chi connectivity index (χ1) is 31.0. The Labute approximate surface area is 389 Å². The predicted octanol–water partition coefficient (Wildman–Crippen LogP) is 17.5. The first kappa shape index (κ1) is 52.9. The Balaban J connectivity index is 1.27. The molecule has 4 rings (SSSR count). The van der Waals surface area contributed by atoms with Crippen LogP contribution in [0.5, 0.6) is 0 Å². The normalized spacial score (nSPS) is 11.8. The van der Waals surface area contributed by atoms with Crippen molar-refractivity contribution in [3.63, 3.8) is 0 Å². The van der Waals surface area contributed by atoms with Crippen LogP contribution in [0.2, 0.25) is 0 Å². The molecule has 4 aromatic rings. The quantitative estimate of drug-likeness (QED) is 0.0443. The molecular formula is C56H90N4O4. The summed E-state index contributed by atoms with van der Waals surface area (Å²) in [5, 5.41) is 0. The lowest BCUT2D eigenvalue weighted by Gasteiger charge is -2.12. The van der Waals surface area contributed by atoms with Crippen molar-refractivity contribution in [2.45, 2.75) is 235 Å². The lowest BCUT2D eigenvalue weighted by atomic mass is 10.0. The molecule has 0 spiro atoms. The largest absolute Gasteiger partial charge is 0.449 e. The third-order valence-corrected chi connectivity index (χ3v) is 13.4. The molecule has 0 radical (unpaired) electrons. The smallest absolute Gasteiger partial charge is 0.420 e. The minimum Gasteiger partial charge on any atom is -0.449 e. The molecule has 0 aliphatic heterocycles. The fourth-order valence-electron chi connectivity index (χ4n) is 8.98. The Hall–Kier alpha value is -3.68. The molecule has 0 N–H and O–H groups in total. The molecule has 0 fully saturated rings. The fourth-order valence-corrected chi connectivity index (χ4v) is 8.98. The SMILES string of the molecule is Cc1cc2nc(-c3nc4cc(C)c(C)cc4n3C(=O)OCCCCCCCCCCCCCCCC(C)C)n(C(=O)OCCCCCCCCCCCCCCCC(C)C)c2cc1C.